The van der Waals surface area contributed by atoms with Gasteiger partial charge in [-0.15, -0.1) is 0 Å². The summed E-state index contributed by atoms with van der Waals surface area (Å²) in [6, 6.07) is 21.2. The highest BCUT2D eigenvalue weighted by molar-refractivity contribution is 6.42. The van der Waals surface area contributed by atoms with Crippen LogP contribution in [0.1, 0.15) is 17.0 Å². The molecule has 0 saturated heterocycles. The second-order valence-corrected chi connectivity index (χ2v) is 8.34. The minimum atomic E-state index is -1.05. The van der Waals surface area contributed by atoms with Crippen LogP contribution in [0.2, 0.25) is 10.2 Å². The van der Waals surface area contributed by atoms with Crippen LogP contribution >= 0.6 is 23.2 Å². The predicted octanol–water partition coefficient (Wildman–Crippen LogP) is 5.59. The first-order chi connectivity index (χ1) is 15.5. The summed E-state index contributed by atoms with van der Waals surface area (Å²) < 4.78 is 1.90. The fraction of sp³-hybridized carbons (Fsp3) is 0.0800. The lowest BCUT2D eigenvalue weighted by molar-refractivity contribution is 0.579. The third-order valence-corrected chi connectivity index (χ3v) is 6.35. The van der Waals surface area contributed by atoms with Gasteiger partial charge in [0.25, 0.3) is 0 Å². The largest absolute Gasteiger partial charge is 0.335 e. The molecule has 0 aliphatic heterocycles. The van der Waals surface area contributed by atoms with Crippen molar-refractivity contribution in [1.82, 2.24) is 19.5 Å². The highest BCUT2D eigenvalue weighted by atomic mass is 35.5. The van der Waals surface area contributed by atoms with E-state index in [9.17, 15) is 0 Å². The third-order valence-electron chi connectivity index (χ3n) is 5.68. The molecule has 7 heteroatoms. The molecule has 32 heavy (non-hydrogen) atoms. The molecule has 1 unspecified atom stereocenters. The van der Waals surface area contributed by atoms with Crippen molar-refractivity contribution >= 4 is 34.1 Å². The van der Waals surface area contributed by atoms with Gasteiger partial charge in [-0.1, -0.05) is 65.7 Å². The Morgan fingerprint density at radius 3 is 2.44 bits per heavy atom. The molecular weight excluding hydrogens is 441 g/mol. The molecular formula is C25H19Cl2N5. The zero-order chi connectivity index (χ0) is 22.3. The number of hydrogen-bond acceptors (Lipinski definition) is 4. The summed E-state index contributed by atoms with van der Waals surface area (Å²) in [7, 11) is 1.91. The Kier molecular flexibility index (Phi) is 5.18. The molecule has 2 N–H and O–H groups in total. The maximum absolute atomic E-state index is 7.11. The van der Waals surface area contributed by atoms with Crippen molar-refractivity contribution < 1.29 is 0 Å². The van der Waals surface area contributed by atoms with Crippen LogP contribution in [0.5, 0.6) is 0 Å². The fourth-order valence-corrected chi connectivity index (χ4v) is 4.75. The topological polar surface area (TPSA) is 69.6 Å². The van der Waals surface area contributed by atoms with Gasteiger partial charge in [0.1, 0.15) is 10.7 Å². The molecule has 0 radical (unpaired) electrons. The number of nitrogens with zero attached hydrogens (tertiary/aromatic N) is 4. The van der Waals surface area contributed by atoms with Crippen LogP contribution < -0.4 is 5.73 Å². The summed E-state index contributed by atoms with van der Waals surface area (Å²) in [6.07, 6.45) is 5.22. The Balaban J connectivity index is 1.79. The fourth-order valence-electron chi connectivity index (χ4n) is 4.05. The van der Waals surface area contributed by atoms with Gasteiger partial charge in [0, 0.05) is 24.2 Å². The first kappa shape index (κ1) is 20.6. The van der Waals surface area contributed by atoms with Crippen molar-refractivity contribution in [2.45, 2.75) is 5.54 Å². The number of halogens is 2. The summed E-state index contributed by atoms with van der Waals surface area (Å²) in [5.74, 6) is 0. The maximum Gasteiger partial charge on any atom is 0.139 e. The summed E-state index contributed by atoms with van der Waals surface area (Å²) in [5.41, 5.74) is 10.7. The Morgan fingerprint density at radius 1 is 0.969 bits per heavy atom. The lowest BCUT2D eigenvalue weighted by Gasteiger charge is -2.30. The molecule has 0 fully saturated rings. The number of imidazole rings is 1. The number of rotatable bonds is 4. The second kappa shape index (κ2) is 8.02. The lowest BCUT2D eigenvalue weighted by atomic mass is 9.83. The first-order valence-electron chi connectivity index (χ1n) is 10.0. The Bertz CT molecular complexity index is 1420. The van der Waals surface area contributed by atoms with Crippen LogP contribution in [0.15, 0.2) is 85.5 Å². The molecule has 0 bridgehead atoms. The minimum Gasteiger partial charge on any atom is -0.335 e. The number of hydrogen-bond donors (Lipinski definition) is 1. The highest BCUT2D eigenvalue weighted by Crippen LogP contribution is 2.41. The van der Waals surface area contributed by atoms with Crippen molar-refractivity contribution in [3.63, 3.8) is 0 Å². The lowest BCUT2D eigenvalue weighted by Crippen LogP contribution is -2.41. The van der Waals surface area contributed by atoms with Gasteiger partial charge in [-0.05, 0) is 35.4 Å². The van der Waals surface area contributed by atoms with E-state index >= 15 is 0 Å². The average molecular weight is 460 g/mol. The quantitative estimate of drug-likeness (QED) is 0.355. The molecule has 0 aliphatic carbocycles. The summed E-state index contributed by atoms with van der Waals surface area (Å²) in [5, 5.41) is 1.65. The van der Waals surface area contributed by atoms with E-state index in [0.717, 1.165) is 22.2 Å². The van der Waals surface area contributed by atoms with Gasteiger partial charge in [-0.2, -0.15) is 0 Å². The van der Waals surface area contributed by atoms with E-state index in [1.807, 2.05) is 78.3 Å². The number of benzene rings is 2. The smallest absolute Gasteiger partial charge is 0.139 e. The van der Waals surface area contributed by atoms with E-state index < -0.39 is 5.54 Å². The molecule has 158 valence electrons. The first-order valence-corrected chi connectivity index (χ1v) is 10.8. The SMILES string of the molecule is Cn1cncc1C(N)(c1ccc2nc(Cl)c(-c3ccccc3)c(Cl)c2c1)c1ccccn1. The van der Waals surface area contributed by atoms with Gasteiger partial charge < -0.3 is 10.3 Å². The van der Waals surface area contributed by atoms with Gasteiger partial charge in [-0.3, -0.25) is 4.98 Å². The van der Waals surface area contributed by atoms with Crippen molar-refractivity contribution in [2.24, 2.45) is 12.8 Å². The van der Waals surface area contributed by atoms with Crippen LogP contribution in [-0.2, 0) is 12.6 Å². The molecule has 5 aromatic rings. The molecule has 3 heterocycles. The van der Waals surface area contributed by atoms with Gasteiger partial charge in [0.2, 0.25) is 0 Å². The number of nitrogens with two attached hydrogens (primary N) is 1. The van der Waals surface area contributed by atoms with Crippen LogP contribution in [0.3, 0.4) is 0 Å². The Morgan fingerprint density at radius 2 is 1.75 bits per heavy atom. The molecule has 2 aromatic carbocycles. The van der Waals surface area contributed by atoms with Crippen LogP contribution in [0, 0.1) is 0 Å². The van der Waals surface area contributed by atoms with E-state index in [1.165, 1.54) is 0 Å². The van der Waals surface area contributed by atoms with E-state index in [4.69, 9.17) is 28.9 Å². The third kappa shape index (κ3) is 3.26. The molecule has 0 amide bonds. The molecule has 1 atom stereocenters. The van der Waals surface area contributed by atoms with Gasteiger partial charge in [0.05, 0.1) is 34.5 Å². The normalized spacial score (nSPS) is 13.2. The van der Waals surface area contributed by atoms with Crippen LogP contribution in [0.4, 0.5) is 0 Å². The number of aryl methyl sites for hydroxylation is 1. The average Bonchev–Trinajstić information content (AvgIpc) is 3.26. The van der Waals surface area contributed by atoms with Crippen molar-refractivity contribution in [1.29, 1.82) is 0 Å². The zero-order valence-electron chi connectivity index (χ0n) is 17.2. The molecule has 0 aliphatic rings. The van der Waals surface area contributed by atoms with E-state index in [1.54, 1.807) is 18.7 Å². The Hall–Kier alpha value is -3.25. The zero-order valence-corrected chi connectivity index (χ0v) is 18.7. The number of fused-ring (bicyclic) bond motifs is 1. The molecule has 3 aromatic heterocycles. The monoisotopic (exact) mass is 459 g/mol. The van der Waals surface area contributed by atoms with Gasteiger partial charge in [0.15, 0.2) is 0 Å². The van der Waals surface area contributed by atoms with Crippen LogP contribution in [-0.4, -0.2) is 19.5 Å². The summed E-state index contributed by atoms with van der Waals surface area (Å²) >= 11 is 13.4. The van der Waals surface area contributed by atoms with E-state index in [2.05, 4.69) is 15.0 Å². The van der Waals surface area contributed by atoms with Gasteiger partial charge in [-0.25, -0.2) is 9.97 Å². The Labute approximate surface area is 195 Å². The van der Waals surface area contributed by atoms with Crippen molar-refractivity contribution in [2.75, 3.05) is 0 Å². The maximum atomic E-state index is 7.11. The molecule has 5 nitrogen and oxygen atoms in total. The predicted molar refractivity (Wildman–Crippen MR) is 129 cm³/mol. The minimum absolute atomic E-state index is 0.358. The summed E-state index contributed by atoms with van der Waals surface area (Å²) in [4.78, 5) is 13.4. The van der Waals surface area contributed by atoms with E-state index in [0.29, 0.717) is 26.9 Å². The van der Waals surface area contributed by atoms with E-state index in [-0.39, 0.29) is 0 Å². The number of aromatic nitrogens is 4. The standard InChI is InChI=1S/C25H19Cl2N5/c1-32-15-29-14-21(32)25(28,20-9-5-6-12-30-20)17-10-11-19-18(13-17)23(26)22(24(27)31-19)16-7-3-2-4-8-16/h2-15H,28H2,1H3. The molecule has 5 rings (SSSR count). The summed E-state index contributed by atoms with van der Waals surface area (Å²) in [6.45, 7) is 0. The van der Waals surface area contributed by atoms with Crippen molar-refractivity contribution in [3.8, 4) is 11.1 Å². The van der Waals surface area contributed by atoms with Gasteiger partial charge >= 0.3 is 0 Å². The van der Waals surface area contributed by atoms with Crippen molar-refractivity contribution in [3.05, 3.63) is 113 Å². The second-order valence-electron chi connectivity index (χ2n) is 7.60. The number of pyridine rings is 2. The van der Waals surface area contributed by atoms with Crippen LogP contribution in [0.25, 0.3) is 22.0 Å². The highest BCUT2D eigenvalue weighted by Gasteiger charge is 2.36. The molecule has 0 spiro atoms. The molecule has 0 saturated carbocycles.